The van der Waals surface area contributed by atoms with Gasteiger partial charge in [0.2, 0.25) is 0 Å². The fraction of sp³-hybridized carbons (Fsp3) is 0.357. The highest BCUT2D eigenvalue weighted by atomic mass is 35.5. The predicted octanol–water partition coefficient (Wildman–Crippen LogP) is 5.25. The van der Waals surface area contributed by atoms with Crippen molar-refractivity contribution in [3.8, 4) is 23.1 Å². The van der Waals surface area contributed by atoms with E-state index in [4.69, 9.17) is 32.7 Å². The number of nitrogens with one attached hydrogen (secondary N) is 1. The molecule has 0 amide bonds. The van der Waals surface area contributed by atoms with Gasteiger partial charge in [-0.25, -0.2) is 4.98 Å². The van der Waals surface area contributed by atoms with Crippen LogP contribution < -0.4 is 9.64 Å². The van der Waals surface area contributed by atoms with Crippen LogP contribution in [0.4, 0.5) is 5.82 Å². The minimum atomic E-state index is -0.407. The van der Waals surface area contributed by atoms with E-state index in [1.165, 1.54) is 0 Å². The number of anilines is 1. The molecule has 6 rings (SSSR count). The summed E-state index contributed by atoms with van der Waals surface area (Å²) in [4.78, 5) is 13.3. The van der Waals surface area contributed by atoms with Crippen molar-refractivity contribution in [2.24, 2.45) is 0 Å². The van der Waals surface area contributed by atoms with Crippen molar-refractivity contribution in [2.75, 3.05) is 44.3 Å². The number of morpholine rings is 1. The van der Waals surface area contributed by atoms with Crippen molar-refractivity contribution in [2.45, 2.75) is 25.5 Å². The highest BCUT2D eigenvalue weighted by Crippen LogP contribution is 2.39. The van der Waals surface area contributed by atoms with E-state index < -0.39 is 6.10 Å². The van der Waals surface area contributed by atoms with Crippen LogP contribution in [0.3, 0.4) is 0 Å². The highest BCUT2D eigenvalue weighted by molar-refractivity contribution is 6.35. The van der Waals surface area contributed by atoms with E-state index >= 15 is 0 Å². The van der Waals surface area contributed by atoms with Crippen molar-refractivity contribution >= 4 is 39.9 Å². The first-order valence-electron chi connectivity index (χ1n) is 12.8. The van der Waals surface area contributed by atoms with Gasteiger partial charge in [-0.2, -0.15) is 10.4 Å². The van der Waals surface area contributed by atoms with Gasteiger partial charge in [0.25, 0.3) is 0 Å². The first-order chi connectivity index (χ1) is 18.9. The third-order valence-corrected chi connectivity index (χ3v) is 8.18. The number of benzene rings is 1. The zero-order chi connectivity index (χ0) is 27.1. The van der Waals surface area contributed by atoms with Crippen LogP contribution in [0.2, 0.25) is 10.0 Å². The summed E-state index contributed by atoms with van der Waals surface area (Å²) in [5.74, 6) is 1.30. The Bertz CT molecular complexity index is 1550. The van der Waals surface area contributed by atoms with E-state index in [2.05, 4.69) is 43.0 Å². The maximum absolute atomic E-state index is 10.2. The minimum absolute atomic E-state index is 0.0385. The summed E-state index contributed by atoms with van der Waals surface area (Å²) in [5, 5.41) is 19.6. The largest absolute Gasteiger partial charge is 0.486 e. The number of H-pyrrole nitrogens is 1. The van der Waals surface area contributed by atoms with Crippen LogP contribution in [0, 0.1) is 11.3 Å². The Labute approximate surface area is 236 Å². The van der Waals surface area contributed by atoms with Crippen LogP contribution >= 0.6 is 23.2 Å². The van der Waals surface area contributed by atoms with Crippen molar-refractivity contribution in [3.05, 3.63) is 64.0 Å². The smallest absolute Gasteiger partial charge is 0.147 e. The van der Waals surface area contributed by atoms with E-state index in [1.54, 1.807) is 18.6 Å². The second kappa shape index (κ2) is 10.3. The SMILES string of the molecule is C[C@@H](Oc1ccc2[nH]nc(-c3ccnc(N4CC(C)(N5CCOCC5)C4)c3C#N)c2c1)c1c(Cl)cncc1Cl. The second-order valence-corrected chi connectivity index (χ2v) is 11.0. The summed E-state index contributed by atoms with van der Waals surface area (Å²) < 4.78 is 11.7. The minimum Gasteiger partial charge on any atom is -0.486 e. The number of halogens is 2. The second-order valence-electron chi connectivity index (χ2n) is 10.2. The first kappa shape index (κ1) is 25.8. The molecule has 39 heavy (non-hydrogen) atoms. The van der Waals surface area contributed by atoms with Gasteiger partial charge in [0, 0.05) is 61.3 Å². The lowest BCUT2D eigenvalue weighted by Gasteiger charge is -2.55. The Morgan fingerprint density at radius 3 is 2.62 bits per heavy atom. The summed E-state index contributed by atoms with van der Waals surface area (Å²) in [6.45, 7) is 9.10. The molecule has 9 nitrogen and oxygen atoms in total. The van der Waals surface area contributed by atoms with Crippen LogP contribution in [-0.2, 0) is 4.74 Å². The Morgan fingerprint density at radius 1 is 1.15 bits per heavy atom. The van der Waals surface area contributed by atoms with Crippen LogP contribution in [0.5, 0.6) is 5.75 Å². The molecule has 4 aromatic rings. The molecule has 1 aromatic carbocycles. The molecule has 0 unspecified atom stereocenters. The molecule has 3 aromatic heterocycles. The molecule has 2 saturated heterocycles. The maximum atomic E-state index is 10.2. The summed E-state index contributed by atoms with van der Waals surface area (Å²) in [5.41, 5.74) is 3.43. The number of nitrogens with zero attached hydrogens (tertiary/aromatic N) is 6. The maximum Gasteiger partial charge on any atom is 0.147 e. The molecule has 2 aliphatic heterocycles. The Hall–Kier alpha value is -3.42. The molecular formula is C28H27Cl2N7O2. The highest BCUT2D eigenvalue weighted by Gasteiger charge is 2.45. The summed E-state index contributed by atoms with van der Waals surface area (Å²) in [6, 6.07) is 9.91. The van der Waals surface area contributed by atoms with Gasteiger partial charge in [0.05, 0.1) is 34.3 Å². The Kier molecular flexibility index (Phi) is 6.81. The van der Waals surface area contributed by atoms with Crippen molar-refractivity contribution < 1.29 is 9.47 Å². The van der Waals surface area contributed by atoms with Crippen molar-refractivity contribution in [1.82, 2.24) is 25.1 Å². The number of pyridine rings is 2. The predicted molar refractivity (Wildman–Crippen MR) is 150 cm³/mol. The lowest BCUT2D eigenvalue weighted by molar-refractivity contribution is -0.0266. The molecule has 2 fully saturated rings. The van der Waals surface area contributed by atoms with Gasteiger partial charge in [0.1, 0.15) is 35.0 Å². The van der Waals surface area contributed by atoms with Crippen LogP contribution in [-0.4, -0.2) is 70.0 Å². The molecule has 5 heterocycles. The number of nitriles is 1. The third kappa shape index (κ3) is 4.68. The number of fused-ring (bicyclic) bond motifs is 1. The number of ether oxygens (including phenoxy) is 2. The number of hydrogen-bond donors (Lipinski definition) is 1. The summed E-state index contributed by atoms with van der Waals surface area (Å²) in [6.07, 6.45) is 4.43. The number of rotatable bonds is 6. The Morgan fingerprint density at radius 2 is 1.90 bits per heavy atom. The van der Waals surface area contributed by atoms with Gasteiger partial charge in [0.15, 0.2) is 0 Å². The molecule has 200 valence electrons. The number of aromatic nitrogens is 4. The molecule has 2 aliphatic rings. The summed E-state index contributed by atoms with van der Waals surface area (Å²) >= 11 is 12.7. The average molecular weight is 564 g/mol. The fourth-order valence-electron chi connectivity index (χ4n) is 5.57. The number of hydrogen-bond acceptors (Lipinski definition) is 8. The van der Waals surface area contributed by atoms with Crippen LogP contribution in [0.15, 0.2) is 42.9 Å². The number of aromatic amines is 1. The normalized spacial score (nSPS) is 18.0. The fourth-order valence-corrected chi connectivity index (χ4v) is 6.24. The summed E-state index contributed by atoms with van der Waals surface area (Å²) in [7, 11) is 0. The van der Waals surface area contributed by atoms with E-state index in [1.807, 2.05) is 31.2 Å². The molecule has 1 N–H and O–H groups in total. The lowest BCUT2D eigenvalue weighted by atomic mass is 9.88. The standard InChI is InChI=1S/C28H27Cl2N7O2/c1-17(25-22(29)13-32-14-23(25)30)39-18-3-4-24-20(11-18)26(35-34-24)19-5-6-33-27(21(19)12-31)36-15-28(2,16-36)37-7-9-38-10-8-37/h3-6,11,13-14,17H,7-10,15-16H2,1-2H3,(H,34,35)/t17-/m1/s1. The van der Waals surface area contributed by atoms with E-state index in [0.717, 1.165) is 55.9 Å². The van der Waals surface area contributed by atoms with Crippen LogP contribution in [0.25, 0.3) is 22.2 Å². The molecule has 0 aliphatic carbocycles. The van der Waals surface area contributed by atoms with Crippen LogP contribution in [0.1, 0.15) is 31.1 Å². The molecule has 0 bridgehead atoms. The van der Waals surface area contributed by atoms with Crippen molar-refractivity contribution in [1.29, 1.82) is 5.26 Å². The molecule has 0 saturated carbocycles. The molecule has 0 spiro atoms. The topological polar surface area (TPSA) is 103 Å². The lowest BCUT2D eigenvalue weighted by Crippen LogP contribution is -2.70. The average Bonchev–Trinajstić information content (AvgIpc) is 3.34. The molecule has 11 heteroatoms. The third-order valence-electron chi connectivity index (χ3n) is 7.58. The van der Waals surface area contributed by atoms with Gasteiger partial charge in [-0.1, -0.05) is 23.2 Å². The van der Waals surface area contributed by atoms with Gasteiger partial charge < -0.3 is 14.4 Å². The Balaban J connectivity index is 1.29. The quantitative estimate of drug-likeness (QED) is 0.339. The van der Waals surface area contributed by atoms with E-state index in [9.17, 15) is 5.26 Å². The van der Waals surface area contributed by atoms with Gasteiger partial charge >= 0.3 is 0 Å². The monoisotopic (exact) mass is 563 g/mol. The van der Waals surface area contributed by atoms with Gasteiger partial charge in [-0.05, 0) is 38.1 Å². The molecule has 1 atom stereocenters. The molecule has 0 radical (unpaired) electrons. The molecular weight excluding hydrogens is 537 g/mol. The van der Waals surface area contributed by atoms with E-state index in [0.29, 0.717) is 38.4 Å². The van der Waals surface area contributed by atoms with E-state index in [-0.39, 0.29) is 5.54 Å². The zero-order valence-corrected chi connectivity index (χ0v) is 23.1. The zero-order valence-electron chi connectivity index (χ0n) is 21.6. The van der Waals surface area contributed by atoms with Gasteiger partial charge in [-0.3, -0.25) is 15.0 Å². The first-order valence-corrected chi connectivity index (χ1v) is 13.5. The van der Waals surface area contributed by atoms with Gasteiger partial charge in [-0.15, -0.1) is 0 Å². The van der Waals surface area contributed by atoms with Crippen molar-refractivity contribution in [3.63, 3.8) is 0 Å².